The molecule has 0 aromatic heterocycles. The van der Waals surface area contributed by atoms with E-state index in [1.165, 1.54) is 0 Å². The molecule has 0 bridgehead atoms. The van der Waals surface area contributed by atoms with Gasteiger partial charge in [-0.1, -0.05) is 0 Å². The minimum Gasteiger partial charge on any atom is -0.396 e. The Kier molecular flexibility index (Phi) is 3.29. The summed E-state index contributed by atoms with van der Waals surface area (Å²) in [5, 5.41) is 33.0. The van der Waals surface area contributed by atoms with E-state index in [0.29, 0.717) is 0 Å². The standard InChI is InChI=1S/C10H19N2O4/c1-9(2)7(5-11(14)15)8(6-13)10(3,4)12(9)16/h7-8,13H,5-6H2,1-4H3/t7-,8-/m1/s1. The molecule has 6 nitrogen and oxygen atoms in total. The summed E-state index contributed by atoms with van der Waals surface area (Å²) < 4.78 is 0. The van der Waals surface area contributed by atoms with Crippen molar-refractivity contribution in [2.75, 3.05) is 13.2 Å². The molecule has 1 N–H and O–H groups in total. The lowest BCUT2D eigenvalue weighted by Gasteiger charge is -2.33. The highest BCUT2D eigenvalue weighted by atomic mass is 16.6. The molecule has 2 atom stereocenters. The number of rotatable bonds is 3. The van der Waals surface area contributed by atoms with Crippen LogP contribution in [0.1, 0.15) is 27.7 Å². The maximum Gasteiger partial charge on any atom is 0.208 e. The van der Waals surface area contributed by atoms with Gasteiger partial charge in [-0.25, -0.2) is 0 Å². The number of aliphatic hydroxyl groups excluding tert-OH is 1. The lowest BCUT2D eigenvalue weighted by atomic mass is 9.78. The van der Waals surface area contributed by atoms with Gasteiger partial charge in [-0.15, -0.1) is 10.3 Å². The third-order valence-corrected chi connectivity index (χ3v) is 3.89. The minimum atomic E-state index is -0.816. The molecule has 16 heavy (non-hydrogen) atoms. The first-order valence-corrected chi connectivity index (χ1v) is 5.35. The van der Waals surface area contributed by atoms with Gasteiger partial charge in [-0.3, -0.25) is 10.1 Å². The van der Waals surface area contributed by atoms with Crippen LogP contribution in [0, 0.1) is 22.0 Å². The molecule has 0 amide bonds. The second-order valence-corrected chi connectivity index (χ2v) is 5.51. The fourth-order valence-electron chi connectivity index (χ4n) is 2.89. The van der Waals surface area contributed by atoms with Gasteiger partial charge >= 0.3 is 0 Å². The molecule has 1 saturated heterocycles. The van der Waals surface area contributed by atoms with Crippen molar-refractivity contribution in [1.82, 2.24) is 5.06 Å². The van der Waals surface area contributed by atoms with Crippen molar-refractivity contribution in [3.63, 3.8) is 0 Å². The Balaban J connectivity index is 3.08. The molecule has 1 heterocycles. The first kappa shape index (κ1) is 13.3. The van der Waals surface area contributed by atoms with Gasteiger partial charge in [0.1, 0.15) is 0 Å². The van der Waals surface area contributed by atoms with Crippen LogP contribution >= 0.6 is 0 Å². The topological polar surface area (TPSA) is 86.5 Å². The fourth-order valence-corrected chi connectivity index (χ4v) is 2.89. The van der Waals surface area contributed by atoms with Crippen molar-refractivity contribution in [2.45, 2.75) is 38.8 Å². The van der Waals surface area contributed by atoms with Gasteiger partial charge in [0.15, 0.2) is 0 Å². The zero-order valence-corrected chi connectivity index (χ0v) is 10.1. The summed E-state index contributed by atoms with van der Waals surface area (Å²) in [7, 11) is 0. The third kappa shape index (κ3) is 1.81. The van der Waals surface area contributed by atoms with E-state index in [4.69, 9.17) is 0 Å². The van der Waals surface area contributed by atoms with E-state index in [0.717, 1.165) is 5.06 Å². The molecule has 0 aromatic carbocycles. The van der Waals surface area contributed by atoms with E-state index in [2.05, 4.69) is 0 Å². The predicted octanol–water partition coefficient (Wildman–Crippen LogP) is 0.706. The molecule has 0 aromatic rings. The first-order valence-electron chi connectivity index (χ1n) is 5.35. The second-order valence-electron chi connectivity index (χ2n) is 5.51. The number of hydrogen-bond donors (Lipinski definition) is 1. The number of hydrogen-bond acceptors (Lipinski definition) is 4. The van der Waals surface area contributed by atoms with E-state index < -0.39 is 21.9 Å². The molecule has 0 saturated carbocycles. The summed E-state index contributed by atoms with van der Waals surface area (Å²) >= 11 is 0. The highest BCUT2D eigenvalue weighted by Gasteiger charge is 2.60. The number of nitro groups is 1. The van der Waals surface area contributed by atoms with Crippen LogP contribution in [-0.4, -0.2) is 39.3 Å². The SMILES string of the molecule is CC1(C)[C@H](CO)[C@@H](C[N+](=O)[O-])C(C)(C)N1[O]. The maximum absolute atomic E-state index is 12.1. The van der Waals surface area contributed by atoms with E-state index in [-0.39, 0.29) is 19.1 Å². The van der Waals surface area contributed by atoms with Crippen molar-refractivity contribution >= 4 is 0 Å². The fraction of sp³-hybridized carbons (Fsp3) is 1.00. The Labute approximate surface area is 95.0 Å². The number of hydroxylamine groups is 2. The summed E-state index contributed by atoms with van der Waals surface area (Å²) in [6.07, 6.45) is 0. The molecule has 93 valence electrons. The summed E-state index contributed by atoms with van der Waals surface area (Å²) in [5.74, 6) is -0.801. The molecule has 1 aliphatic rings. The quantitative estimate of drug-likeness (QED) is 0.572. The van der Waals surface area contributed by atoms with Gasteiger partial charge in [-0.2, -0.15) is 0 Å². The Morgan fingerprint density at radius 1 is 1.25 bits per heavy atom. The van der Waals surface area contributed by atoms with Crippen LogP contribution in [0.15, 0.2) is 0 Å². The third-order valence-electron chi connectivity index (χ3n) is 3.89. The van der Waals surface area contributed by atoms with Gasteiger partial charge in [0.05, 0.1) is 11.5 Å². The van der Waals surface area contributed by atoms with Crippen LogP contribution in [0.25, 0.3) is 0 Å². The molecule has 0 unspecified atom stereocenters. The Morgan fingerprint density at radius 2 is 1.69 bits per heavy atom. The molecule has 1 radical (unpaired) electrons. The summed E-state index contributed by atoms with van der Waals surface area (Å²) in [5.41, 5.74) is -1.58. The molecule has 0 spiro atoms. The zero-order valence-electron chi connectivity index (χ0n) is 10.1. The van der Waals surface area contributed by atoms with E-state index in [1.807, 2.05) is 0 Å². The van der Waals surface area contributed by atoms with Gasteiger partial charge < -0.3 is 5.11 Å². The summed E-state index contributed by atoms with van der Waals surface area (Å²) in [6, 6.07) is 0. The van der Waals surface area contributed by atoms with Crippen LogP contribution in [0.2, 0.25) is 0 Å². The Hall–Kier alpha value is -0.720. The highest BCUT2D eigenvalue weighted by Crippen LogP contribution is 2.47. The van der Waals surface area contributed by atoms with Gasteiger partial charge in [0.25, 0.3) is 0 Å². The van der Waals surface area contributed by atoms with E-state index in [1.54, 1.807) is 27.7 Å². The minimum absolute atomic E-state index is 0.201. The summed E-state index contributed by atoms with van der Waals surface area (Å²) in [4.78, 5) is 10.2. The van der Waals surface area contributed by atoms with Crippen molar-refractivity contribution < 1.29 is 15.2 Å². The van der Waals surface area contributed by atoms with E-state index in [9.17, 15) is 20.4 Å². The number of aliphatic hydroxyl groups is 1. The largest absolute Gasteiger partial charge is 0.396 e. The average Bonchev–Trinajstić information content (AvgIpc) is 2.25. The van der Waals surface area contributed by atoms with Crippen LogP contribution in [0.5, 0.6) is 0 Å². The van der Waals surface area contributed by atoms with Crippen LogP contribution in [0.4, 0.5) is 0 Å². The van der Waals surface area contributed by atoms with Crippen molar-refractivity contribution in [2.24, 2.45) is 11.8 Å². The maximum atomic E-state index is 12.1. The lowest BCUT2D eigenvalue weighted by Crippen LogP contribution is -2.47. The molecule has 6 heteroatoms. The molecule has 0 aliphatic carbocycles. The van der Waals surface area contributed by atoms with Gasteiger partial charge in [0, 0.05) is 23.0 Å². The van der Waals surface area contributed by atoms with Crippen LogP contribution in [0.3, 0.4) is 0 Å². The van der Waals surface area contributed by atoms with Crippen molar-refractivity contribution in [3.05, 3.63) is 10.1 Å². The van der Waals surface area contributed by atoms with E-state index >= 15 is 0 Å². The average molecular weight is 231 g/mol. The van der Waals surface area contributed by atoms with Crippen LogP contribution in [-0.2, 0) is 5.21 Å². The molecule has 1 aliphatic heterocycles. The molecular formula is C10H19N2O4. The summed E-state index contributed by atoms with van der Waals surface area (Å²) in [6.45, 7) is 6.37. The number of nitrogens with zero attached hydrogens (tertiary/aromatic N) is 2. The molecular weight excluding hydrogens is 212 g/mol. The Bertz CT molecular complexity index is 291. The Morgan fingerprint density at radius 3 is 2.06 bits per heavy atom. The molecule has 1 fully saturated rings. The normalized spacial score (nSPS) is 32.9. The predicted molar refractivity (Wildman–Crippen MR) is 56.6 cm³/mol. The lowest BCUT2D eigenvalue weighted by molar-refractivity contribution is -0.492. The second kappa shape index (κ2) is 3.94. The van der Waals surface area contributed by atoms with Crippen molar-refractivity contribution in [3.8, 4) is 0 Å². The van der Waals surface area contributed by atoms with Gasteiger partial charge in [0.2, 0.25) is 6.54 Å². The highest BCUT2D eigenvalue weighted by molar-refractivity contribution is 5.07. The molecule has 1 rings (SSSR count). The monoisotopic (exact) mass is 231 g/mol. The van der Waals surface area contributed by atoms with Gasteiger partial charge in [-0.05, 0) is 27.7 Å². The van der Waals surface area contributed by atoms with Crippen molar-refractivity contribution in [1.29, 1.82) is 0 Å². The zero-order chi connectivity index (χ0) is 12.7. The first-order chi connectivity index (χ1) is 7.15. The van der Waals surface area contributed by atoms with Crippen LogP contribution < -0.4 is 0 Å². The smallest absolute Gasteiger partial charge is 0.208 e.